The molecular weight excluding hydrogens is 266 g/mol. The summed E-state index contributed by atoms with van der Waals surface area (Å²) in [4.78, 5) is 23.0. The first kappa shape index (κ1) is 15.1. The molecule has 0 heterocycles. The summed E-state index contributed by atoms with van der Waals surface area (Å²) in [7, 11) is 0. The highest BCUT2D eigenvalue weighted by Gasteiger charge is 2.30. The predicted octanol–water partition coefficient (Wildman–Crippen LogP) is 2.05. The number of rotatable bonds is 3. The lowest BCUT2D eigenvalue weighted by Gasteiger charge is -2.25. The van der Waals surface area contributed by atoms with Gasteiger partial charge in [0.2, 0.25) is 5.91 Å². The lowest BCUT2D eigenvalue weighted by Crippen LogP contribution is -2.35. The Kier molecular flexibility index (Phi) is 5.39. The minimum absolute atomic E-state index is 0.0803. The molecule has 1 aliphatic carbocycles. The number of nitrogens with one attached hydrogen (secondary N) is 1. The largest absolute Gasteiger partial charge is 0.481 e. The quantitative estimate of drug-likeness (QED) is 0.835. The second kappa shape index (κ2) is 7.49. The van der Waals surface area contributed by atoms with E-state index in [1.54, 1.807) is 0 Å². The van der Waals surface area contributed by atoms with Crippen LogP contribution < -0.4 is 5.32 Å². The molecule has 0 radical (unpaired) electrons. The molecule has 2 N–H and O–H groups in total. The number of amides is 1. The summed E-state index contributed by atoms with van der Waals surface area (Å²) in [6.07, 6.45) is 2.67. The zero-order valence-electron chi connectivity index (χ0n) is 11.8. The molecule has 0 spiro atoms. The van der Waals surface area contributed by atoms with Crippen molar-refractivity contribution in [1.29, 1.82) is 0 Å². The number of carbonyl (C=O) groups is 2. The molecule has 1 aromatic carbocycles. The second-order valence-corrected chi connectivity index (χ2v) is 5.28. The van der Waals surface area contributed by atoms with Crippen LogP contribution >= 0.6 is 0 Å². The molecule has 0 saturated heterocycles. The lowest BCUT2D eigenvalue weighted by atomic mass is 9.81. The fourth-order valence-corrected chi connectivity index (χ4v) is 2.60. The number of hydrogen-bond donors (Lipinski definition) is 2. The molecule has 1 saturated carbocycles. The molecule has 1 fully saturated rings. The molecule has 0 aromatic heterocycles. The molecule has 4 heteroatoms. The number of benzene rings is 1. The molecule has 1 amide bonds. The summed E-state index contributed by atoms with van der Waals surface area (Å²) < 4.78 is 0. The number of carbonyl (C=O) groups excluding carboxylic acids is 1. The first-order chi connectivity index (χ1) is 10.2. The van der Waals surface area contributed by atoms with Crippen LogP contribution in [-0.2, 0) is 9.59 Å². The second-order valence-electron chi connectivity index (χ2n) is 5.28. The summed E-state index contributed by atoms with van der Waals surface area (Å²) in [5.41, 5.74) is 0.912. The third kappa shape index (κ3) is 4.64. The van der Waals surface area contributed by atoms with Gasteiger partial charge in [-0.2, -0.15) is 0 Å². The van der Waals surface area contributed by atoms with Crippen molar-refractivity contribution in [1.82, 2.24) is 5.32 Å². The number of carboxylic acid groups (broad SMARTS) is 1. The SMILES string of the molecule is O=C(O)C1CCCC(C(=O)NCC#Cc2ccccc2)C1. The van der Waals surface area contributed by atoms with E-state index in [0.717, 1.165) is 18.4 Å². The van der Waals surface area contributed by atoms with Gasteiger partial charge < -0.3 is 10.4 Å². The number of aliphatic carboxylic acids is 1. The standard InChI is InChI=1S/C17H19NO3/c19-16(14-9-4-10-15(12-14)17(20)21)18-11-5-8-13-6-2-1-3-7-13/h1-3,6-7,14-15H,4,9-12H2,(H,18,19)(H,20,21). The first-order valence-corrected chi connectivity index (χ1v) is 7.21. The van der Waals surface area contributed by atoms with Crippen LogP contribution in [0.2, 0.25) is 0 Å². The van der Waals surface area contributed by atoms with E-state index in [0.29, 0.717) is 19.4 Å². The van der Waals surface area contributed by atoms with Gasteiger partial charge in [-0.05, 0) is 31.4 Å². The Morgan fingerprint density at radius 1 is 1.19 bits per heavy atom. The van der Waals surface area contributed by atoms with Crippen molar-refractivity contribution in [2.45, 2.75) is 25.7 Å². The van der Waals surface area contributed by atoms with E-state index in [1.807, 2.05) is 30.3 Å². The molecule has 110 valence electrons. The maximum Gasteiger partial charge on any atom is 0.306 e. The van der Waals surface area contributed by atoms with Gasteiger partial charge >= 0.3 is 5.97 Å². The highest BCUT2D eigenvalue weighted by molar-refractivity contribution is 5.80. The summed E-state index contributed by atoms with van der Waals surface area (Å²) in [5.74, 6) is 4.42. The normalized spacial score (nSPS) is 21.0. The molecule has 4 nitrogen and oxygen atoms in total. The van der Waals surface area contributed by atoms with Crippen molar-refractivity contribution in [3.05, 3.63) is 35.9 Å². The molecule has 2 unspecified atom stereocenters. The van der Waals surface area contributed by atoms with Crippen LogP contribution in [0.4, 0.5) is 0 Å². The van der Waals surface area contributed by atoms with Crippen LogP contribution in [0.5, 0.6) is 0 Å². The maximum absolute atomic E-state index is 12.0. The van der Waals surface area contributed by atoms with Crippen molar-refractivity contribution in [2.24, 2.45) is 11.8 Å². The van der Waals surface area contributed by atoms with E-state index >= 15 is 0 Å². The van der Waals surface area contributed by atoms with Gasteiger partial charge in [0.15, 0.2) is 0 Å². The molecule has 2 atom stereocenters. The molecular formula is C17H19NO3. The van der Waals surface area contributed by atoms with Crippen molar-refractivity contribution in [2.75, 3.05) is 6.54 Å². The highest BCUT2D eigenvalue weighted by atomic mass is 16.4. The molecule has 1 aromatic rings. The maximum atomic E-state index is 12.0. The Morgan fingerprint density at radius 3 is 2.62 bits per heavy atom. The fourth-order valence-electron chi connectivity index (χ4n) is 2.60. The van der Waals surface area contributed by atoms with Gasteiger partial charge in [0.05, 0.1) is 12.5 Å². The fraction of sp³-hybridized carbons (Fsp3) is 0.412. The lowest BCUT2D eigenvalue weighted by molar-refractivity contribution is -0.144. The van der Waals surface area contributed by atoms with Gasteiger partial charge in [-0.25, -0.2) is 0 Å². The van der Waals surface area contributed by atoms with Gasteiger partial charge in [0.1, 0.15) is 0 Å². The van der Waals surface area contributed by atoms with Crippen molar-refractivity contribution >= 4 is 11.9 Å². The average molecular weight is 285 g/mol. The van der Waals surface area contributed by atoms with Gasteiger partial charge in [-0.15, -0.1) is 0 Å². The van der Waals surface area contributed by atoms with Crippen LogP contribution in [0.3, 0.4) is 0 Å². The van der Waals surface area contributed by atoms with Crippen molar-refractivity contribution in [3.63, 3.8) is 0 Å². The summed E-state index contributed by atoms with van der Waals surface area (Å²) in [6.45, 7) is 0.294. The monoisotopic (exact) mass is 285 g/mol. The van der Waals surface area contributed by atoms with E-state index in [2.05, 4.69) is 17.2 Å². The minimum atomic E-state index is -0.795. The van der Waals surface area contributed by atoms with Crippen molar-refractivity contribution in [3.8, 4) is 11.8 Å². The van der Waals surface area contributed by atoms with Gasteiger partial charge in [-0.3, -0.25) is 9.59 Å². The zero-order valence-corrected chi connectivity index (χ0v) is 11.8. The molecule has 2 rings (SSSR count). The topological polar surface area (TPSA) is 66.4 Å². The van der Waals surface area contributed by atoms with E-state index in [4.69, 9.17) is 5.11 Å². The van der Waals surface area contributed by atoms with Crippen LogP contribution in [-0.4, -0.2) is 23.5 Å². The molecule has 0 aliphatic heterocycles. The van der Waals surface area contributed by atoms with Crippen LogP contribution in [0, 0.1) is 23.7 Å². The van der Waals surface area contributed by atoms with E-state index in [1.165, 1.54) is 0 Å². The first-order valence-electron chi connectivity index (χ1n) is 7.21. The van der Waals surface area contributed by atoms with E-state index < -0.39 is 5.97 Å². The third-order valence-electron chi connectivity index (χ3n) is 3.75. The third-order valence-corrected chi connectivity index (χ3v) is 3.75. The van der Waals surface area contributed by atoms with Gasteiger partial charge in [-0.1, -0.05) is 36.5 Å². The van der Waals surface area contributed by atoms with E-state index in [9.17, 15) is 9.59 Å². The Bertz CT molecular complexity index is 556. The molecule has 1 aliphatic rings. The summed E-state index contributed by atoms with van der Waals surface area (Å²) >= 11 is 0. The summed E-state index contributed by atoms with van der Waals surface area (Å²) in [6, 6.07) is 9.57. The Morgan fingerprint density at radius 2 is 1.90 bits per heavy atom. The number of hydrogen-bond acceptors (Lipinski definition) is 2. The van der Waals surface area contributed by atoms with Crippen LogP contribution in [0.1, 0.15) is 31.2 Å². The summed E-state index contributed by atoms with van der Waals surface area (Å²) in [5, 5.41) is 11.8. The van der Waals surface area contributed by atoms with Crippen LogP contribution in [0.15, 0.2) is 30.3 Å². The Balaban J connectivity index is 1.80. The van der Waals surface area contributed by atoms with Gasteiger partial charge in [0, 0.05) is 11.5 Å². The van der Waals surface area contributed by atoms with Crippen molar-refractivity contribution < 1.29 is 14.7 Å². The van der Waals surface area contributed by atoms with Gasteiger partial charge in [0.25, 0.3) is 0 Å². The Labute approximate surface area is 124 Å². The number of carboxylic acids is 1. The average Bonchev–Trinajstić information content (AvgIpc) is 2.52. The van der Waals surface area contributed by atoms with E-state index in [-0.39, 0.29) is 17.7 Å². The Hall–Kier alpha value is -2.28. The highest BCUT2D eigenvalue weighted by Crippen LogP contribution is 2.29. The molecule has 21 heavy (non-hydrogen) atoms. The van der Waals surface area contributed by atoms with Crippen LogP contribution in [0.25, 0.3) is 0 Å². The minimum Gasteiger partial charge on any atom is -0.481 e. The predicted molar refractivity (Wildman–Crippen MR) is 79.4 cm³/mol. The zero-order chi connectivity index (χ0) is 15.1. The smallest absolute Gasteiger partial charge is 0.306 e. The molecule has 0 bridgehead atoms.